The third-order valence-corrected chi connectivity index (χ3v) is 5.64. The number of morpholine rings is 1. The van der Waals surface area contributed by atoms with Crippen LogP contribution in [0.5, 0.6) is 5.88 Å². The van der Waals surface area contributed by atoms with Gasteiger partial charge in [-0.05, 0) is 31.5 Å². The molecule has 0 spiro atoms. The summed E-state index contributed by atoms with van der Waals surface area (Å²) in [5.74, 6) is 0.134. The Labute approximate surface area is 175 Å². The first-order valence-electron chi connectivity index (χ1n) is 10.0. The molecule has 1 aromatic heterocycles. The molecule has 1 aromatic carbocycles. The van der Waals surface area contributed by atoms with Crippen molar-refractivity contribution in [2.75, 3.05) is 39.5 Å². The lowest BCUT2D eigenvalue weighted by Gasteiger charge is -2.26. The molecule has 0 aliphatic carbocycles. The molecule has 2 aliphatic heterocycles. The van der Waals surface area contributed by atoms with Gasteiger partial charge in [0.25, 0.3) is 0 Å². The predicted octanol–water partition coefficient (Wildman–Crippen LogP) is 2.56. The Bertz CT molecular complexity index is 1060. The number of hydrogen-bond donors (Lipinski definition) is 2. The van der Waals surface area contributed by atoms with Gasteiger partial charge in [-0.25, -0.2) is 0 Å². The molecule has 3 heterocycles. The van der Waals surface area contributed by atoms with Crippen LogP contribution in [0.2, 0.25) is 0 Å². The van der Waals surface area contributed by atoms with Gasteiger partial charge >= 0.3 is 0 Å². The molecule has 0 unspecified atom stereocenters. The van der Waals surface area contributed by atoms with Crippen molar-refractivity contribution in [2.24, 2.45) is 0 Å². The SMILES string of the molecule is CC1=C(C#N)C(c2ccc3[nH]nc(OCCN4CCOCC4)c3c2)C(C#N)=C(C)N1. The fraction of sp³-hybridized carbons (Fsp3) is 0.409. The van der Waals surface area contributed by atoms with Gasteiger partial charge in [0.05, 0.1) is 53.3 Å². The number of fused-ring (bicyclic) bond motifs is 1. The molecule has 8 heteroatoms. The van der Waals surface area contributed by atoms with Crippen LogP contribution in [0.1, 0.15) is 25.3 Å². The molecule has 0 atom stereocenters. The van der Waals surface area contributed by atoms with E-state index in [9.17, 15) is 10.5 Å². The van der Waals surface area contributed by atoms with E-state index in [0.717, 1.165) is 60.7 Å². The maximum absolute atomic E-state index is 9.72. The number of rotatable bonds is 5. The van der Waals surface area contributed by atoms with Crippen molar-refractivity contribution in [3.05, 3.63) is 46.3 Å². The largest absolute Gasteiger partial charge is 0.475 e. The standard InChI is InChI=1S/C22H24N6O2/c1-14-18(12-23)21(19(13-24)15(2)25-14)16-3-4-20-17(11-16)22(27-26-20)30-10-7-28-5-8-29-9-6-28/h3-4,11,21,25H,5-10H2,1-2H3,(H,26,27). The third-order valence-electron chi connectivity index (χ3n) is 5.64. The van der Waals surface area contributed by atoms with E-state index < -0.39 is 5.92 Å². The summed E-state index contributed by atoms with van der Waals surface area (Å²) in [7, 11) is 0. The molecule has 0 radical (unpaired) electrons. The second-order valence-electron chi connectivity index (χ2n) is 7.50. The predicted molar refractivity (Wildman–Crippen MR) is 111 cm³/mol. The number of benzene rings is 1. The van der Waals surface area contributed by atoms with Crippen LogP contribution in [-0.2, 0) is 4.74 Å². The Morgan fingerprint density at radius 1 is 1.17 bits per heavy atom. The van der Waals surface area contributed by atoms with E-state index in [0.29, 0.717) is 23.6 Å². The van der Waals surface area contributed by atoms with Gasteiger partial charge < -0.3 is 14.8 Å². The van der Waals surface area contributed by atoms with E-state index >= 15 is 0 Å². The van der Waals surface area contributed by atoms with Gasteiger partial charge in [0.15, 0.2) is 0 Å². The lowest BCUT2D eigenvalue weighted by Crippen LogP contribution is -2.38. The highest BCUT2D eigenvalue weighted by Crippen LogP contribution is 2.39. The maximum atomic E-state index is 9.72. The number of aromatic amines is 1. The second-order valence-corrected chi connectivity index (χ2v) is 7.50. The summed E-state index contributed by atoms with van der Waals surface area (Å²) in [5, 5.41) is 30.7. The Kier molecular flexibility index (Phi) is 5.71. The molecule has 154 valence electrons. The number of nitrogens with zero attached hydrogens (tertiary/aromatic N) is 4. The number of aromatic nitrogens is 2. The van der Waals surface area contributed by atoms with Crippen LogP contribution in [0.25, 0.3) is 10.9 Å². The fourth-order valence-corrected chi connectivity index (χ4v) is 4.02. The highest BCUT2D eigenvalue weighted by atomic mass is 16.5. The van der Waals surface area contributed by atoms with E-state index in [1.807, 2.05) is 32.0 Å². The zero-order valence-corrected chi connectivity index (χ0v) is 17.2. The van der Waals surface area contributed by atoms with Crippen LogP contribution in [0.3, 0.4) is 0 Å². The van der Waals surface area contributed by atoms with Crippen molar-refractivity contribution >= 4 is 10.9 Å². The minimum Gasteiger partial charge on any atom is -0.475 e. The second kappa shape index (κ2) is 8.58. The van der Waals surface area contributed by atoms with Crippen LogP contribution < -0.4 is 10.1 Å². The first-order chi connectivity index (χ1) is 14.6. The van der Waals surface area contributed by atoms with Crippen LogP contribution in [0, 0.1) is 22.7 Å². The quantitative estimate of drug-likeness (QED) is 0.788. The van der Waals surface area contributed by atoms with Crippen LogP contribution in [-0.4, -0.2) is 54.6 Å². The van der Waals surface area contributed by atoms with Crippen molar-refractivity contribution in [2.45, 2.75) is 19.8 Å². The molecule has 0 amide bonds. The minimum atomic E-state index is -0.401. The zero-order chi connectivity index (χ0) is 21.1. The summed E-state index contributed by atoms with van der Waals surface area (Å²) in [4.78, 5) is 2.30. The van der Waals surface area contributed by atoms with Gasteiger partial charge in [0.1, 0.15) is 6.61 Å². The summed E-state index contributed by atoms with van der Waals surface area (Å²) in [5.41, 5.74) is 4.37. The van der Waals surface area contributed by atoms with Crippen molar-refractivity contribution < 1.29 is 9.47 Å². The molecule has 1 saturated heterocycles. The van der Waals surface area contributed by atoms with Crippen LogP contribution in [0.15, 0.2) is 40.7 Å². The lowest BCUT2D eigenvalue weighted by molar-refractivity contribution is 0.0321. The number of H-pyrrole nitrogens is 1. The number of ether oxygens (including phenoxy) is 2. The summed E-state index contributed by atoms with van der Waals surface area (Å²) < 4.78 is 11.3. The molecule has 1 fully saturated rings. The van der Waals surface area contributed by atoms with E-state index in [2.05, 4.69) is 32.6 Å². The first-order valence-corrected chi connectivity index (χ1v) is 10.0. The van der Waals surface area contributed by atoms with E-state index in [1.54, 1.807) is 0 Å². The highest BCUT2D eigenvalue weighted by Gasteiger charge is 2.29. The number of dihydropyridines is 1. The Balaban J connectivity index is 1.61. The molecule has 0 saturated carbocycles. The lowest BCUT2D eigenvalue weighted by atomic mass is 9.81. The Morgan fingerprint density at radius 3 is 2.53 bits per heavy atom. The molecule has 2 aromatic rings. The number of nitriles is 2. The molecular weight excluding hydrogens is 380 g/mol. The summed E-state index contributed by atoms with van der Waals surface area (Å²) in [6.07, 6.45) is 0. The van der Waals surface area contributed by atoms with E-state index in [1.165, 1.54) is 0 Å². The molecular formula is C22H24N6O2. The Morgan fingerprint density at radius 2 is 1.87 bits per heavy atom. The summed E-state index contributed by atoms with van der Waals surface area (Å²) in [6, 6.07) is 10.4. The molecule has 2 aliphatic rings. The normalized spacial score (nSPS) is 18.3. The van der Waals surface area contributed by atoms with Gasteiger partial charge in [-0.1, -0.05) is 6.07 Å². The topological polar surface area (TPSA) is 110 Å². The van der Waals surface area contributed by atoms with Crippen molar-refractivity contribution in [3.63, 3.8) is 0 Å². The maximum Gasteiger partial charge on any atom is 0.240 e. The average molecular weight is 404 g/mol. The van der Waals surface area contributed by atoms with Crippen LogP contribution >= 0.6 is 0 Å². The Hall–Kier alpha value is -3.33. The van der Waals surface area contributed by atoms with E-state index in [-0.39, 0.29) is 0 Å². The number of hydrogen-bond acceptors (Lipinski definition) is 7. The summed E-state index contributed by atoms with van der Waals surface area (Å²) in [6.45, 7) is 8.40. The third kappa shape index (κ3) is 3.76. The van der Waals surface area contributed by atoms with Crippen molar-refractivity contribution in [3.8, 4) is 18.0 Å². The van der Waals surface area contributed by atoms with Gasteiger partial charge in [-0.15, -0.1) is 5.10 Å². The highest BCUT2D eigenvalue weighted by molar-refractivity contribution is 5.85. The molecule has 4 rings (SSSR count). The molecule has 0 bridgehead atoms. The van der Waals surface area contributed by atoms with Crippen molar-refractivity contribution in [1.29, 1.82) is 10.5 Å². The van der Waals surface area contributed by atoms with Gasteiger partial charge in [-0.2, -0.15) is 10.5 Å². The molecule has 8 nitrogen and oxygen atoms in total. The van der Waals surface area contributed by atoms with E-state index in [4.69, 9.17) is 9.47 Å². The number of nitrogens with one attached hydrogen (secondary N) is 2. The van der Waals surface area contributed by atoms with Crippen molar-refractivity contribution in [1.82, 2.24) is 20.4 Å². The smallest absolute Gasteiger partial charge is 0.240 e. The van der Waals surface area contributed by atoms with Crippen LogP contribution in [0.4, 0.5) is 0 Å². The van der Waals surface area contributed by atoms with Gasteiger partial charge in [0, 0.05) is 31.0 Å². The van der Waals surface area contributed by atoms with Gasteiger partial charge in [0.2, 0.25) is 5.88 Å². The van der Waals surface area contributed by atoms with Gasteiger partial charge in [-0.3, -0.25) is 10.00 Å². The molecule has 2 N–H and O–H groups in total. The zero-order valence-electron chi connectivity index (χ0n) is 17.2. The first kappa shape index (κ1) is 20.0. The molecule has 30 heavy (non-hydrogen) atoms. The minimum absolute atomic E-state index is 0.401. The number of allylic oxidation sites excluding steroid dienone is 4. The monoisotopic (exact) mass is 404 g/mol. The fourth-order valence-electron chi connectivity index (χ4n) is 4.02. The summed E-state index contributed by atoms with van der Waals surface area (Å²) >= 11 is 0. The average Bonchev–Trinajstić information content (AvgIpc) is 3.16.